The summed E-state index contributed by atoms with van der Waals surface area (Å²) in [6.07, 6.45) is 32.6. The van der Waals surface area contributed by atoms with Crippen LogP contribution in [-0.2, 0) is 9.32 Å². The molecule has 0 aromatic rings. The number of hydrogen-bond donors (Lipinski definition) is 1. The molecule has 43 heavy (non-hydrogen) atoms. The van der Waals surface area contributed by atoms with E-state index in [1.54, 1.807) is 27.9 Å². The second kappa shape index (κ2) is 46.2. The van der Waals surface area contributed by atoms with Crippen LogP contribution in [0.1, 0.15) is 203 Å². The first-order valence-corrected chi connectivity index (χ1v) is 20.9. The van der Waals surface area contributed by atoms with Gasteiger partial charge in [0.1, 0.15) is 0 Å². The standard InChI is InChI=1S/C26H53NO.C6H14.C3H9OP.C3H8O/c1-4-6-8-10-12-14-15-16-17-19-21-23-25-27(26(3)28)24-22-20-18-13-11-9-7-5-2;1-3-5-6-4-2;1-4-5(2)3;1-3(2)4/h4-25H2,1-3H3;3-6H2,1-2H3;1-3H3;3-4H,1-2H3. The maximum Gasteiger partial charge on any atom is 0.219 e. The van der Waals surface area contributed by atoms with Crippen LogP contribution in [-0.4, -0.2) is 55.5 Å². The highest BCUT2D eigenvalue weighted by Crippen LogP contribution is 2.22. The number of hydrogen-bond acceptors (Lipinski definition) is 3. The van der Waals surface area contributed by atoms with Gasteiger partial charge in [0.15, 0.2) is 0 Å². The maximum absolute atomic E-state index is 11.8. The monoisotopic (exact) mass is 634 g/mol. The first-order chi connectivity index (χ1) is 20.6. The molecule has 5 heteroatoms. The Morgan fingerprint density at radius 3 is 0.930 bits per heavy atom. The molecule has 264 valence electrons. The number of unbranched alkanes of at least 4 members (excludes halogenated alkanes) is 21. The smallest absolute Gasteiger partial charge is 0.219 e. The lowest BCUT2D eigenvalue weighted by atomic mass is 10.1. The van der Waals surface area contributed by atoms with Gasteiger partial charge in [-0.1, -0.05) is 169 Å². The molecule has 1 N–H and O–H groups in total. The minimum atomic E-state index is -0.167. The molecule has 0 fully saturated rings. The van der Waals surface area contributed by atoms with E-state index in [2.05, 4.69) is 45.9 Å². The average molecular weight is 634 g/mol. The highest BCUT2D eigenvalue weighted by Gasteiger charge is 2.07. The van der Waals surface area contributed by atoms with Crippen LogP contribution in [0, 0.1) is 0 Å². The minimum absolute atomic E-state index is 0.0983. The molecular formula is C38H84NO3P. The van der Waals surface area contributed by atoms with Crippen LogP contribution in [0.15, 0.2) is 0 Å². The van der Waals surface area contributed by atoms with Crippen molar-refractivity contribution in [3.05, 3.63) is 0 Å². The molecule has 0 radical (unpaired) electrons. The molecule has 0 aliphatic heterocycles. The number of carbonyl (C=O) groups is 1. The third-order valence-corrected chi connectivity index (χ3v) is 8.06. The topological polar surface area (TPSA) is 49.8 Å². The zero-order chi connectivity index (χ0) is 33.4. The van der Waals surface area contributed by atoms with Gasteiger partial charge in [0.2, 0.25) is 5.91 Å². The minimum Gasteiger partial charge on any atom is -0.394 e. The third kappa shape index (κ3) is 61.6. The van der Waals surface area contributed by atoms with Crippen molar-refractivity contribution in [1.82, 2.24) is 4.90 Å². The van der Waals surface area contributed by atoms with Crippen molar-refractivity contribution in [3.63, 3.8) is 0 Å². The summed E-state index contributed by atoms with van der Waals surface area (Å²) in [5.74, 6) is 0.269. The Hall–Kier alpha value is -0.180. The molecule has 4 nitrogen and oxygen atoms in total. The van der Waals surface area contributed by atoms with Crippen LogP contribution in [0.25, 0.3) is 0 Å². The zero-order valence-electron chi connectivity index (χ0n) is 31.6. The molecule has 0 unspecified atom stereocenters. The van der Waals surface area contributed by atoms with E-state index in [0.29, 0.717) is 0 Å². The average Bonchev–Trinajstić information content (AvgIpc) is 2.97. The summed E-state index contributed by atoms with van der Waals surface area (Å²) in [7, 11) is 1.63. The van der Waals surface area contributed by atoms with Gasteiger partial charge in [0.05, 0.1) is 0 Å². The van der Waals surface area contributed by atoms with Gasteiger partial charge >= 0.3 is 0 Å². The van der Waals surface area contributed by atoms with Crippen molar-refractivity contribution in [2.75, 3.05) is 33.5 Å². The molecule has 0 heterocycles. The molecule has 1 amide bonds. The van der Waals surface area contributed by atoms with Crippen molar-refractivity contribution < 1.29 is 14.4 Å². The van der Waals surface area contributed by atoms with E-state index in [1.807, 2.05) is 0 Å². The van der Waals surface area contributed by atoms with Gasteiger partial charge < -0.3 is 14.5 Å². The molecule has 0 aliphatic carbocycles. The molecule has 0 aliphatic rings. The Morgan fingerprint density at radius 2 is 0.744 bits per heavy atom. The van der Waals surface area contributed by atoms with Gasteiger partial charge in [-0.3, -0.25) is 4.79 Å². The SMILES string of the molecule is CC(C)O.CCCCCC.CCCCCCCCCCCCCCN(CCCCCCCCCC)C(C)=O.COP(C)C. The van der Waals surface area contributed by atoms with Gasteiger partial charge in [0, 0.05) is 41.4 Å². The van der Waals surface area contributed by atoms with Crippen molar-refractivity contribution >= 4 is 14.1 Å². The largest absolute Gasteiger partial charge is 0.394 e. The highest BCUT2D eigenvalue weighted by molar-refractivity contribution is 7.50. The molecule has 0 aromatic heterocycles. The lowest BCUT2D eigenvalue weighted by Crippen LogP contribution is -2.30. The Bertz CT molecular complexity index is 467. The molecular weight excluding hydrogens is 549 g/mol. The van der Waals surface area contributed by atoms with E-state index in [1.165, 1.54) is 154 Å². The summed E-state index contributed by atoms with van der Waals surface area (Å²) in [6.45, 7) is 20.3. The summed E-state index contributed by atoms with van der Waals surface area (Å²) < 4.78 is 4.81. The van der Waals surface area contributed by atoms with E-state index >= 15 is 0 Å². The van der Waals surface area contributed by atoms with Crippen LogP contribution >= 0.6 is 8.15 Å². The number of rotatable bonds is 26. The normalized spacial score (nSPS) is 10.4. The van der Waals surface area contributed by atoms with E-state index < -0.39 is 0 Å². The molecule has 0 spiro atoms. The van der Waals surface area contributed by atoms with Crippen LogP contribution in [0.3, 0.4) is 0 Å². The van der Waals surface area contributed by atoms with Crippen molar-refractivity contribution in [2.45, 2.75) is 209 Å². The lowest BCUT2D eigenvalue weighted by molar-refractivity contribution is -0.129. The summed E-state index contributed by atoms with van der Waals surface area (Å²) >= 11 is 0. The van der Waals surface area contributed by atoms with E-state index in [9.17, 15) is 4.79 Å². The number of aliphatic hydroxyl groups excluding tert-OH is 1. The van der Waals surface area contributed by atoms with Crippen LogP contribution in [0.2, 0.25) is 0 Å². The van der Waals surface area contributed by atoms with Gasteiger partial charge in [-0.2, -0.15) is 0 Å². The van der Waals surface area contributed by atoms with Crippen molar-refractivity contribution in [3.8, 4) is 0 Å². The fourth-order valence-corrected chi connectivity index (χ4v) is 4.51. The molecule has 0 saturated carbocycles. The van der Waals surface area contributed by atoms with Crippen LogP contribution in [0.5, 0.6) is 0 Å². The first-order valence-electron chi connectivity index (χ1n) is 18.8. The van der Waals surface area contributed by atoms with Crippen LogP contribution in [0.4, 0.5) is 0 Å². The number of aliphatic hydroxyl groups is 1. The fraction of sp³-hybridized carbons (Fsp3) is 0.974. The Kier molecular flexibility index (Phi) is 53.4. The van der Waals surface area contributed by atoms with E-state index in [0.717, 1.165) is 13.1 Å². The van der Waals surface area contributed by atoms with Gasteiger partial charge in [-0.05, 0) is 40.0 Å². The van der Waals surface area contributed by atoms with Crippen molar-refractivity contribution in [1.29, 1.82) is 0 Å². The van der Waals surface area contributed by atoms with Gasteiger partial charge in [0.25, 0.3) is 0 Å². The summed E-state index contributed by atoms with van der Waals surface area (Å²) in [5, 5.41) is 8.06. The molecule has 0 saturated heterocycles. The van der Waals surface area contributed by atoms with E-state index in [-0.39, 0.29) is 20.2 Å². The second-order valence-corrected chi connectivity index (χ2v) is 14.7. The number of nitrogens with zero attached hydrogens (tertiary/aromatic N) is 1. The summed E-state index contributed by atoms with van der Waals surface area (Å²) in [5.41, 5.74) is 0. The van der Waals surface area contributed by atoms with Crippen molar-refractivity contribution in [2.24, 2.45) is 0 Å². The first kappa shape index (κ1) is 49.7. The number of amides is 1. The Morgan fingerprint density at radius 1 is 0.558 bits per heavy atom. The third-order valence-electron chi connectivity index (χ3n) is 7.33. The summed E-state index contributed by atoms with van der Waals surface area (Å²) in [4.78, 5) is 13.9. The highest BCUT2D eigenvalue weighted by atomic mass is 31.1. The second-order valence-electron chi connectivity index (χ2n) is 12.7. The summed E-state index contributed by atoms with van der Waals surface area (Å²) in [6, 6.07) is 0. The molecule has 0 atom stereocenters. The predicted octanol–water partition coefficient (Wildman–Crippen LogP) is 12.9. The van der Waals surface area contributed by atoms with Gasteiger partial charge in [-0.15, -0.1) is 0 Å². The zero-order valence-corrected chi connectivity index (χ0v) is 32.5. The van der Waals surface area contributed by atoms with Gasteiger partial charge in [-0.25, -0.2) is 0 Å². The quantitative estimate of drug-likeness (QED) is 0.0761. The predicted molar refractivity (Wildman–Crippen MR) is 199 cm³/mol. The molecule has 0 rings (SSSR count). The fourth-order valence-electron chi connectivity index (χ4n) is 4.51. The Labute approximate surface area is 275 Å². The molecule has 0 bridgehead atoms. The Balaban J connectivity index is -0.000000413. The lowest BCUT2D eigenvalue weighted by Gasteiger charge is -2.21. The number of carbonyl (C=O) groups excluding carboxylic acids is 1. The maximum atomic E-state index is 11.8. The van der Waals surface area contributed by atoms with E-state index in [4.69, 9.17) is 9.63 Å². The molecule has 0 aromatic carbocycles. The van der Waals surface area contributed by atoms with Crippen LogP contribution < -0.4 is 0 Å².